The minimum atomic E-state index is -0.617. The van der Waals surface area contributed by atoms with Gasteiger partial charge in [-0.25, -0.2) is 0 Å². The largest absolute Gasteiger partial charge is 0.463 e. The monoisotopic (exact) mass is 593 g/mol. The Kier molecular flexibility index (Phi) is 11.4. The van der Waals surface area contributed by atoms with E-state index in [1.807, 2.05) is 19.9 Å². The molecule has 0 radical (unpaired) electrons. The van der Waals surface area contributed by atoms with Crippen molar-refractivity contribution in [3.05, 3.63) is 72.3 Å². The van der Waals surface area contributed by atoms with Gasteiger partial charge in [-0.3, -0.25) is 9.69 Å². The van der Waals surface area contributed by atoms with Crippen LogP contribution >= 0.6 is 0 Å². The van der Waals surface area contributed by atoms with E-state index >= 15 is 0 Å². The lowest BCUT2D eigenvalue weighted by Gasteiger charge is -2.38. The van der Waals surface area contributed by atoms with Crippen molar-refractivity contribution < 1.29 is 33.6 Å². The molecule has 3 aliphatic rings. The fourth-order valence-corrected chi connectivity index (χ4v) is 6.45. The summed E-state index contributed by atoms with van der Waals surface area (Å²) in [5, 5.41) is 11.2. The molecule has 2 saturated heterocycles. The summed E-state index contributed by atoms with van der Waals surface area (Å²) >= 11 is 0. The molecule has 1 unspecified atom stereocenters. The molecule has 43 heavy (non-hydrogen) atoms. The number of carbonyl (C=O) groups excluding carboxylic acids is 1. The highest BCUT2D eigenvalue weighted by Crippen LogP contribution is 2.37. The Hall–Kier alpha value is -2.59. The number of allylic oxidation sites excluding steroid dienone is 2. The molecule has 3 fully saturated rings. The van der Waals surface area contributed by atoms with E-state index in [4.69, 9.17) is 23.7 Å². The highest BCUT2D eigenvalue weighted by Gasteiger charge is 2.45. The Bertz CT molecular complexity index is 1160. The van der Waals surface area contributed by atoms with Crippen molar-refractivity contribution in [3.8, 4) is 11.1 Å². The summed E-state index contributed by atoms with van der Waals surface area (Å²) in [6, 6.07) is 19.0. The predicted molar refractivity (Wildman–Crippen MR) is 164 cm³/mol. The number of morpholine rings is 1. The Labute approximate surface area is 255 Å². The normalized spacial score (nSPS) is 27.6. The van der Waals surface area contributed by atoms with Gasteiger partial charge in [0.05, 0.1) is 38.6 Å². The molecule has 234 valence electrons. The number of ether oxygens (including phenoxy) is 5. The molecular weight excluding hydrogens is 546 g/mol. The number of aliphatic hydroxyl groups excluding tert-OH is 1. The van der Waals surface area contributed by atoms with Crippen molar-refractivity contribution in [2.24, 2.45) is 5.92 Å². The SMILES string of the molecule is CC1(C)OCC(COC(=O)CC/C=C\CC[C@@H]2[C@@H](N3CCOCC3)[C@H](O)C[C@@H]2OCc2ccc(-c3ccccc3)cc2)O1. The quantitative estimate of drug-likeness (QED) is 0.253. The van der Waals surface area contributed by atoms with E-state index in [0.717, 1.165) is 31.5 Å². The summed E-state index contributed by atoms with van der Waals surface area (Å²) in [6.07, 6.45) is 6.92. The van der Waals surface area contributed by atoms with E-state index in [2.05, 4.69) is 65.6 Å². The van der Waals surface area contributed by atoms with Crippen molar-refractivity contribution in [2.75, 3.05) is 39.5 Å². The van der Waals surface area contributed by atoms with Crippen LogP contribution in [0.15, 0.2) is 66.7 Å². The molecule has 1 N–H and O–H groups in total. The molecule has 2 aromatic carbocycles. The van der Waals surface area contributed by atoms with Crippen molar-refractivity contribution in [3.63, 3.8) is 0 Å². The first-order valence-electron chi connectivity index (χ1n) is 15.8. The molecule has 5 atom stereocenters. The molecular formula is C35H47NO7. The van der Waals surface area contributed by atoms with Crippen molar-refractivity contribution in [2.45, 2.75) is 82.7 Å². The van der Waals surface area contributed by atoms with Crippen LogP contribution in [-0.2, 0) is 35.1 Å². The van der Waals surface area contributed by atoms with E-state index < -0.39 is 11.9 Å². The van der Waals surface area contributed by atoms with E-state index in [-0.39, 0.29) is 36.7 Å². The third-order valence-electron chi connectivity index (χ3n) is 8.62. The number of carbonyl (C=O) groups is 1. The van der Waals surface area contributed by atoms with Crippen LogP contribution < -0.4 is 0 Å². The maximum Gasteiger partial charge on any atom is 0.306 e. The number of nitrogens with zero attached hydrogens (tertiary/aromatic N) is 1. The van der Waals surface area contributed by atoms with Gasteiger partial charge in [0, 0.05) is 37.9 Å². The van der Waals surface area contributed by atoms with E-state index in [9.17, 15) is 9.90 Å². The number of benzene rings is 2. The molecule has 8 heteroatoms. The zero-order chi connectivity index (χ0) is 30.1. The average Bonchev–Trinajstić information content (AvgIpc) is 3.54. The van der Waals surface area contributed by atoms with Gasteiger partial charge in [-0.1, -0.05) is 66.7 Å². The summed E-state index contributed by atoms with van der Waals surface area (Å²) in [4.78, 5) is 14.6. The van der Waals surface area contributed by atoms with Gasteiger partial charge in [-0.05, 0) is 49.8 Å². The van der Waals surface area contributed by atoms with Gasteiger partial charge >= 0.3 is 5.97 Å². The first-order valence-corrected chi connectivity index (χ1v) is 15.8. The molecule has 8 nitrogen and oxygen atoms in total. The van der Waals surface area contributed by atoms with Crippen LogP contribution in [0.25, 0.3) is 11.1 Å². The van der Waals surface area contributed by atoms with Crippen LogP contribution in [0.3, 0.4) is 0 Å². The highest BCUT2D eigenvalue weighted by atomic mass is 16.7. The molecule has 5 rings (SSSR count). The fraction of sp³-hybridized carbons (Fsp3) is 0.571. The lowest BCUT2D eigenvalue weighted by molar-refractivity contribution is -0.158. The van der Waals surface area contributed by atoms with Gasteiger partial charge in [0.15, 0.2) is 5.79 Å². The van der Waals surface area contributed by atoms with Gasteiger partial charge in [0.1, 0.15) is 12.7 Å². The Balaban J connectivity index is 1.10. The van der Waals surface area contributed by atoms with Gasteiger partial charge < -0.3 is 28.8 Å². The predicted octanol–water partition coefficient (Wildman–Crippen LogP) is 5.13. The van der Waals surface area contributed by atoms with E-state index in [0.29, 0.717) is 45.7 Å². The topological polar surface area (TPSA) is 86.7 Å². The molecule has 1 saturated carbocycles. The minimum absolute atomic E-state index is 0.0215. The highest BCUT2D eigenvalue weighted by molar-refractivity contribution is 5.69. The number of rotatable bonds is 13. The third kappa shape index (κ3) is 9.20. The van der Waals surface area contributed by atoms with E-state index in [1.165, 1.54) is 11.1 Å². The second kappa shape index (κ2) is 15.4. The number of aliphatic hydroxyl groups is 1. The molecule has 2 heterocycles. The standard InChI is InChI=1S/C35H47NO7/c1-35(2)42-25-29(43-35)24-41-33(38)13-9-4-3-8-12-30-32(22-31(37)34(30)36-18-20-39-21-19-36)40-23-26-14-16-28(17-15-26)27-10-6-5-7-11-27/h3-7,10-11,14-17,29-32,34,37H,8-9,12-13,18-25H2,1-2H3/b4-3-/t29?,30-,31+,32-,34+/m0/s1. The Morgan fingerprint density at radius 2 is 1.74 bits per heavy atom. The Morgan fingerprint density at radius 1 is 1.02 bits per heavy atom. The maximum absolute atomic E-state index is 12.2. The van der Waals surface area contributed by atoms with Crippen molar-refractivity contribution in [1.29, 1.82) is 0 Å². The van der Waals surface area contributed by atoms with Crippen molar-refractivity contribution >= 4 is 5.97 Å². The van der Waals surface area contributed by atoms with Gasteiger partial charge in [0.2, 0.25) is 0 Å². The number of esters is 1. The van der Waals surface area contributed by atoms with Gasteiger partial charge in [-0.15, -0.1) is 0 Å². The third-order valence-corrected chi connectivity index (χ3v) is 8.62. The van der Waals surface area contributed by atoms with Crippen LogP contribution in [0, 0.1) is 5.92 Å². The molecule has 0 bridgehead atoms. The summed E-state index contributed by atoms with van der Waals surface area (Å²) in [7, 11) is 0. The Morgan fingerprint density at radius 3 is 2.47 bits per heavy atom. The van der Waals surface area contributed by atoms with Gasteiger partial charge in [-0.2, -0.15) is 0 Å². The maximum atomic E-state index is 12.2. The average molecular weight is 594 g/mol. The molecule has 2 aliphatic heterocycles. The molecule has 0 aromatic heterocycles. The zero-order valence-corrected chi connectivity index (χ0v) is 25.6. The van der Waals surface area contributed by atoms with Crippen LogP contribution in [0.5, 0.6) is 0 Å². The lowest BCUT2D eigenvalue weighted by atomic mass is 9.93. The summed E-state index contributed by atoms with van der Waals surface area (Å²) in [5.74, 6) is -0.632. The summed E-state index contributed by atoms with van der Waals surface area (Å²) < 4.78 is 28.7. The number of hydrogen-bond donors (Lipinski definition) is 1. The summed E-state index contributed by atoms with van der Waals surface area (Å²) in [6.45, 7) is 7.95. The first kappa shape index (κ1) is 31.8. The molecule has 0 amide bonds. The summed E-state index contributed by atoms with van der Waals surface area (Å²) in [5.41, 5.74) is 3.52. The second-order valence-corrected chi connectivity index (χ2v) is 12.2. The van der Waals surface area contributed by atoms with Crippen LogP contribution in [-0.4, -0.2) is 85.6 Å². The smallest absolute Gasteiger partial charge is 0.306 e. The number of hydrogen-bond acceptors (Lipinski definition) is 8. The van der Waals surface area contributed by atoms with Crippen LogP contribution in [0.4, 0.5) is 0 Å². The molecule has 0 spiro atoms. The van der Waals surface area contributed by atoms with E-state index in [1.54, 1.807) is 0 Å². The lowest BCUT2D eigenvalue weighted by Crippen LogP contribution is -2.50. The second-order valence-electron chi connectivity index (χ2n) is 12.2. The minimum Gasteiger partial charge on any atom is -0.463 e. The fourth-order valence-electron chi connectivity index (χ4n) is 6.45. The van der Waals surface area contributed by atoms with Crippen LogP contribution in [0.2, 0.25) is 0 Å². The van der Waals surface area contributed by atoms with Gasteiger partial charge in [0.25, 0.3) is 0 Å². The van der Waals surface area contributed by atoms with Crippen molar-refractivity contribution in [1.82, 2.24) is 4.90 Å². The van der Waals surface area contributed by atoms with Crippen LogP contribution in [0.1, 0.15) is 51.5 Å². The first-order chi connectivity index (χ1) is 20.9. The molecule has 1 aliphatic carbocycles. The zero-order valence-electron chi connectivity index (χ0n) is 25.6. The molecule has 2 aromatic rings.